The van der Waals surface area contributed by atoms with Crippen LogP contribution in [0.5, 0.6) is 0 Å². The maximum atomic E-state index is 11.6. The summed E-state index contributed by atoms with van der Waals surface area (Å²) in [7, 11) is 0. The number of rotatable bonds is 4. The molecule has 2 rings (SSSR count). The zero-order chi connectivity index (χ0) is 11.9. The lowest BCUT2D eigenvalue weighted by Gasteiger charge is -2.27. The van der Waals surface area contributed by atoms with Crippen molar-refractivity contribution in [1.82, 2.24) is 10.2 Å². The molecule has 0 amide bonds. The number of hydrogen-bond acceptors (Lipinski definition) is 5. The fourth-order valence-corrected chi connectivity index (χ4v) is 2.22. The van der Waals surface area contributed by atoms with Crippen molar-refractivity contribution in [2.75, 3.05) is 45.9 Å². The molecule has 0 spiro atoms. The van der Waals surface area contributed by atoms with Gasteiger partial charge in [-0.1, -0.05) is 0 Å². The minimum Gasteiger partial charge on any atom is -0.462 e. The van der Waals surface area contributed by atoms with Gasteiger partial charge in [-0.15, -0.1) is 0 Å². The third kappa shape index (κ3) is 4.61. The van der Waals surface area contributed by atoms with Gasteiger partial charge in [0.2, 0.25) is 0 Å². The summed E-state index contributed by atoms with van der Waals surface area (Å²) in [5.74, 6) is -0.124. The van der Waals surface area contributed by atoms with Gasteiger partial charge in [-0.25, -0.2) is 0 Å². The fraction of sp³-hybridized carbons (Fsp3) is 0.917. The van der Waals surface area contributed by atoms with Gasteiger partial charge < -0.3 is 14.8 Å². The van der Waals surface area contributed by atoms with E-state index in [-0.39, 0.29) is 12.1 Å². The maximum Gasteiger partial charge on any atom is 0.320 e. The Kier molecular flexibility index (Phi) is 5.22. The molecule has 0 radical (unpaired) electrons. The molecular weight excluding hydrogens is 220 g/mol. The largest absolute Gasteiger partial charge is 0.462 e. The monoisotopic (exact) mass is 242 g/mol. The topological polar surface area (TPSA) is 50.8 Å². The highest BCUT2D eigenvalue weighted by molar-refractivity contribution is 5.71. The number of carbonyl (C=O) groups excluding carboxylic acids is 1. The molecule has 0 aliphatic carbocycles. The highest BCUT2D eigenvalue weighted by Crippen LogP contribution is 2.12. The molecular formula is C12H22N2O3. The van der Waals surface area contributed by atoms with Crippen LogP contribution in [-0.4, -0.2) is 62.9 Å². The molecule has 1 unspecified atom stereocenters. The molecule has 0 bridgehead atoms. The second-order valence-electron chi connectivity index (χ2n) is 4.70. The molecule has 0 aromatic heterocycles. The Morgan fingerprint density at radius 1 is 1.35 bits per heavy atom. The summed E-state index contributed by atoms with van der Waals surface area (Å²) in [6.45, 7) is 5.40. The van der Waals surface area contributed by atoms with Crippen LogP contribution in [0, 0.1) is 0 Å². The number of nitrogens with one attached hydrogen (secondary N) is 1. The van der Waals surface area contributed by atoms with Gasteiger partial charge in [-0.2, -0.15) is 0 Å². The van der Waals surface area contributed by atoms with Crippen LogP contribution in [0.1, 0.15) is 19.3 Å². The van der Waals surface area contributed by atoms with Crippen LogP contribution < -0.4 is 5.32 Å². The number of nitrogens with zero attached hydrogens (tertiary/aromatic N) is 1. The predicted octanol–water partition coefficient (Wildman–Crippen LogP) is 0.00390. The van der Waals surface area contributed by atoms with E-state index in [1.165, 1.54) is 6.42 Å². The number of esters is 1. The summed E-state index contributed by atoms with van der Waals surface area (Å²) >= 11 is 0. The van der Waals surface area contributed by atoms with Crippen LogP contribution in [0.15, 0.2) is 0 Å². The summed E-state index contributed by atoms with van der Waals surface area (Å²) in [5, 5.41) is 3.26. The summed E-state index contributed by atoms with van der Waals surface area (Å²) in [6.07, 6.45) is 3.45. The van der Waals surface area contributed by atoms with E-state index in [0.29, 0.717) is 13.2 Å². The molecule has 1 atom stereocenters. The van der Waals surface area contributed by atoms with Crippen LogP contribution in [0.4, 0.5) is 0 Å². The first-order chi connectivity index (χ1) is 8.34. The Bertz CT molecular complexity index is 236. The lowest BCUT2D eigenvalue weighted by molar-refractivity contribution is -0.150. The van der Waals surface area contributed by atoms with Crippen molar-refractivity contribution in [1.29, 1.82) is 0 Å². The van der Waals surface area contributed by atoms with Gasteiger partial charge in [-0.05, 0) is 19.3 Å². The minimum absolute atomic E-state index is 0.121. The van der Waals surface area contributed by atoms with Crippen LogP contribution in [0.3, 0.4) is 0 Å². The first kappa shape index (κ1) is 12.8. The molecule has 2 aliphatic heterocycles. The molecule has 17 heavy (non-hydrogen) atoms. The normalized spacial score (nSPS) is 26.7. The molecule has 5 heteroatoms. The van der Waals surface area contributed by atoms with E-state index in [2.05, 4.69) is 10.2 Å². The fourth-order valence-electron chi connectivity index (χ4n) is 2.22. The van der Waals surface area contributed by atoms with Gasteiger partial charge in [-0.3, -0.25) is 9.69 Å². The average molecular weight is 242 g/mol. The molecule has 2 heterocycles. The van der Waals surface area contributed by atoms with Crippen molar-refractivity contribution in [3.05, 3.63) is 0 Å². The zero-order valence-corrected chi connectivity index (χ0v) is 10.3. The molecule has 0 aromatic carbocycles. The quantitative estimate of drug-likeness (QED) is 0.704. The standard InChI is InChI=1S/C12H22N2O3/c15-12(9-14-6-4-13-5-7-14)17-10-11-3-1-2-8-16-11/h11,13H,1-10H2. The highest BCUT2D eigenvalue weighted by atomic mass is 16.6. The SMILES string of the molecule is O=C(CN1CCNCC1)OCC1CCCCO1. The number of hydrogen-bond donors (Lipinski definition) is 1. The summed E-state index contributed by atoms with van der Waals surface area (Å²) in [4.78, 5) is 13.7. The van der Waals surface area contributed by atoms with Gasteiger partial charge in [0.1, 0.15) is 6.61 Å². The number of piperazine rings is 1. The maximum absolute atomic E-state index is 11.6. The van der Waals surface area contributed by atoms with Crippen LogP contribution in [0.25, 0.3) is 0 Å². The highest BCUT2D eigenvalue weighted by Gasteiger charge is 2.18. The first-order valence-corrected chi connectivity index (χ1v) is 6.55. The predicted molar refractivity (Wildman–Crippen MR) is 63.9 cm³/mol. The lowest BCUT2D eigenvalue weighted by atomic mass is 10.1. The lowest BCUT2D eigenvalue weighted by Crippen LogP contribution is -2.46. The number of ether oxygens (including phenoxy) is 2. The van der Waals surface area contributed by atoms with Crippen molar-refractivity contribution in [3.8, 4) is 0 Å². The third-order valence-electron chi connectivity index (χ3n) is 3.27. The average Bonchev–Trinajstić information content (AvgIpc) is 2.39. The molecule has 2 aliphatic rings. The van der Waals surface area contributed by atoms with E-state index in [0.717, 1.165) is 45.6 Å². The molecule has 1 N–H and O–H groups in total. The zero-order valence-electron chi connectivity index (χ0n) is 10.3. The molecule has 0 saturated carbocycles. The van der Waals surface area contributed by atoms with Gasteiger partial charge in [0, 0.05) is 32.8 Å². The molecule has 2 saturated heterocycles. The van der Waals surface area contributed by atoms with Crippen molar-refractivity contribution in [2.24, 2.45) is 0 Å². The molecule has 98 valence electrons. The van der Waals surface area contributed by atoms with Crippen molar-refractivity contribution in [2.45, 2.75) is 25.4 Å². The first-order valence-electron chi connectivity index (χ1n) is 6.55. The molecule has 5 nitrogen and oxygen atoms in total. The molecule has 0 aromatic rings. The summed E-state index contributed by atoms with van der Waals surface area (Å²) < 4.78 is 10.8. The van der Waals surface area contributed by atoms with E-state index < -0.39 is 0 Å². The van der Waals surface area contributed by atoms with E-state index in [1.807, 2.05) is 0 Å². The van der Waals surface area contributed by atoms with Gasteiger partial charge in [0.25, 0.3) is 0 Å². The Morgan fingerprint density at radius 2 is 2.18 bits per heavy atom. The van der Waals surface area contributed by atoms with Gasteiger partial charge >= 0.3 is 5.97 Å². The van der Waals surface area contributed by atoms with Crippen molar-refractivity contribution >= 4 is 5.97 Å². The smallest absolute Gasteiger partial charge is 0.320 e. The second-order valence-corrected chi connectivity index (χ2v) is 4.70. The van der Waals surface area contributed by atoms with Gasteiger partial charge in [0.15, 0.2) is 0 Å². The third-order valence-corrected chi connectivity index (χ3v) is 3.27. The Labute approximate surface area is 102 Å². The van der Waals surface area contributed by atoms with Gasteiger partial charge in [0.05, 0.1) is 12.6 Å². The van der Waals surface area contributed by atoms with E-state index in [9.17, 15) is 4.79 Å². The summed E-state index contributed by atoms with van der Waals surface area (Å²) in [5.41, 5.74) is 0. The van der Waals surface area contributed by atoms with Crippen LogP contribution >= 0.6 is 0 Å². The number of carbonyl (C=O) groups is 1. The van der Waals surface area contributed by atoms with E-state index >= 15 is 0 Å². The second kappa shape index (κ2) is 6.93. The van der Waals surface area contributed by atoms with Crippen LogP contribution in [0.2, 0.25) is 0 Å². The van der Waals surface area contributed by atoms with E-state index in [1.54, 1.807) is 0 Å². The van der Waals surface area contributed by atoms with E-state index in [4.69, 9.17) is 9.47 Å². The Balaban J connectivity index is 1.59. The van der Waals surface area contributed by atoms with Crippen molar-refractivity contribution < 1.29 is 14.3 Å². The van der Waals surface area contributed by atoms with Crippen LogP contribution in [-0.2, 0) is 14.3 Å². The van der Waals surface area contributed by atoms with Crippen molar-refractivity contribution in [3.63, 3.8) is 0 Å². The minimum atomic E-state index is -0.124. The summed E-state index contributed by atoms with van der Waals surface area (Å²) in [6, 6.07) is 0. The Hall–Kier alpha value is -0.650. The Morgan fingerprint density at radius 3 is 2.88 bits per heavy atom. The molecule has 2 fully saturated rings.